The standard InChI is InChI=1S/C22H29IN6S/c1-21(2,3)30-28-18-15-7-5-4-6-14(15)12-22(18)8-10-29(11-9-22)16-13-26-17(19(23)24)20(25)27-16/h4-7,13,18,24,28H,8-12H2,1-3H3,(H2,25,27)/t18-/m1/s1. The number of piperidine rings is 1. The molecule has 0 saturated carbocycles. The Morgan fingerprint density at radius 1 is 1.30 bits per heavy atom. The Balaban J connectivity index is 1.53. The minimum Gasteiger partial charge on any atom is -0.382 e. The maximum Gasteiger partial charge on any atom is 0.154 e. The summed E-state index contributed by atoms with van der Waals surface area (Å²) >= 11 is 3.76. The van der Waals surface area contributed by atoms with Crippen molar-refractivity contribution in [1.29, 1.82) is 5.41 Å². The SMILES string of the molecule is CC(C)(C)SN[C@@H]1c2ccccc2CC12CCN(c1cnc(C(=N)I)c(N)n1)CC2. The molecule has 1 aromatic heterocycles. The second-order valence-corrected chi connectivity index (χ2v) is 12.0. The molecule has 1 aliphatic carbocycles. The predicted molar refractivity (Wildman–Crippen MR) is 135 cm³/mol. The fraction of sp³-hybridized carbons (Fsp3) is 0.500. The van der Waals surface area contributed by atoms with Crippen LogP contribution in [0.5, 0.6) is 0 Å². The van der Waals surface area contributed by atoms with Gasteiger partial charge in [0.05, 0.1) is 6.20 Å². The molecule has 2 aromatic rings. The number of rotatable bonds is 4. The third-order valence-corrected chi connectivity index (χ3v) is 7.56. The van der Waals surface area contributed by atoms with E-state index in [2.05, 4.69) is 64.6 Å². The van der Waals surface area contributed by atoms with Crippen molar-refractivity contribution in [2.75, 3.05) is 23.7 Å². The second-order valence-electron chi connectivity index (χ2n) is 9.27. The molecule has 0 unspecified atom stereocenters. The van der Waals surface area contributed by atoms with Crippen molar-refractivity contribution in [1.82, 2.24) is 14.7 Å². The van der Waals surface area contributed by atoms with Crippen molar-refractivity contribution in [3.63, 3.8) is 0 Å². The number of benzene rings is 1. The van der Waals surface area contributed by atoms with Gasteiger partial charge in [-0.25, -0.2) is 9.97 Å². The van der Waals surface area contributed by atoms with Crippen LogP contribution in [0.3, 0.4) is 0 Å². The Bertz CT molecular complexity index is 949. The van der Waals surface area contributed by atoms with Gasteiger partial charge >= 0.3 is 0 Å². The first-order valence-corrected chi connectivity index (χ1v) is 12.2. The first-order valence-electron chi connectivity index (χ1n) is 10.3. The van der Waals surface area contributed by atoms with E-state index >= 15 is 0 Å². The monoisotopic (exact) mass is 536 g/mol. The van der Waals surface area contributed by atoms with Crippen molar-refractivity contribution in [3.8, 4) is 0 Å². The number of aromatic nitrogens is 2. The zero-order valence-corrected chi connectivity index (χ0v) is 20.7. The van der Waals surface area contributed by atoms with E-state index in [1.807, 2.05) is 34.5 Å². The predicted octanol–water partition coefficient (Wildman–Crippen LogP) is 4.74. The van der Waals surface area contributed by atoms with Crippen LogP contribution in [0.2, 0.25) is 0 Å². The summed E-state index contributed by atoms with van der Waals surface area (Å²) in [5, 5.41) is 7.75. The summed E-state index contributed by atoms with van der Waals surface area (Å²) in [7, 11) is 0. The molecule has 6 nitrogen and oxygen atoms in total. The fourth-order valence-electron chi connectivity index (χ4n) is 4.57. The van der Waals surface area contributed by atoms with Crippen molar-refractivity contribution in [2.24, 2.45) is 5.41 Å². The lowest BCUT2D eigenvalue weighted by molar-refractivity contribution is 0.178. The van der Waals surface area contributed by atoms with Crippen LogP contribution < -0.4 is 15.4 Å². The highest BCUT2D eigenvalue weighted by Crippen LogP contribution is 2.53. The summed E-state index contributed by atoms with van der Waals surface area (Å²) in [5.41, 5.74) is 9.66. The van der Waals surface area contributed by atoms with Gasteiger partial charge in [0.2, 0.25) is 0 Å². The summed E-state index contributed by atoms with van der Waals surface area (Å²) in [6, 6.07) is 9.26. The minimum absolute atomic E-state index is 0.167. The summed E-state index contributed by atoms with van der Waals surface area (Å²) in [6.07, 6.45) is 5.06. The highest BCUT2D eigenvalue weighted by molar-refractivity contribution is 14.1. The van der Waals surface area contributed by atoms with Gasteiger partial charge in [-0.1, -0.05) is 36.2 Å². The Kier molecular flexibility index (Phi) is 6.02. The molecule has 2 aliphatic rings. The summed E-state index contributed by atoms with van der Waals surface area (Å²) < 4.78 is 4.33. The number of nitrogens with two attached hydrogens (primary N) is 1. The molecule has 0 amide bonds. The second kappa shape index (κ2) is 8.27. The number of halogens is 1. The van der Waals surface area contributed by atoms with Crippen LogP contribution in [0.15, 0.2) is 30.5 Å². The molecule has 2 heterocycles. The molecule has 1 fully saturated rings. The largest absolute Gasteiger partial charge is 0.382 e. The number of nitrogen functional groups attached to an aromatic ring is 1. The number of hydrogen-bond donors (Lipinski definition) is 3. The summed E-state index contributed by atoms with van der Waals surface area (Å²) in [4.78, 5) is 11.2. The zero-order chi connectivity index (χ0) is 21.5. The third-order valence-electron chi connectivity index (χ3n) is 6.08. The van der Waals surface area contributed by atoms with Crippen LogP contribution in [0, 0.1) is 10.8 Å². The molecule has 4 rings (SSSR count). The molecular weight excluding hydrogens is 507 g/mol. The Labute approximate surface area is 196 Å². The lowest BCUT2D eigenvalue weighted by Crippen LogP contribution is -2.45. The third kappa shape index (κ3) is 4.31. The Hall–Kier alpha value is -1.39. The van der Waals surface area contributed by atoms with E-state index in [-0.39, 0.29) is 10.2 Å². The number of nitrogens with zero attached hydrogens (tertiary/aromatic N) is 3. The van der Waals surface area contributed by atoms with Crippen LogP contribution in [0.1, 0.15) is 56.5 Å². The molecular formula is C22H29IN6S. The highest BCUT2D eigenvalue weighted by Gasteiger charge is 2.48. The molecule has 0 bridgehead atoms. The summed E-state index contributed by atoms with van der Waals surface area (Å²) in [5.74, 6) is 1.15. The van der Waals surface area contributed by atoms with Gasteiger partial charge in [0.1, 0.15) is 15.2 Å². The topological polar surface area (TPSA) is 90.9 Å². The van der Waals surface area contributed by atoms with Crippen LogP contribution in [0.4, 0.5) is 11.6 Å². The minimum atomic E-state index is 0.167. The molecule has 1 saturated heterocycles. The van der Waals surface area contributed by atoms with E-state index in [9.17, 15) is 0 Å². The van der Waals surface area contributed by atoms with E-state index in [1.165, 1.54) is 11.1 Å². The van der Waals surface area contributed by atoms with Crippen LogP contribution >= 0.6 is 34.5 Å². The smallest absolute Gasteiger partial charge is 0.154 e. The molecule has 8 heteroatoms. The van der Waals surface area contributed by atoms with Gasteiger partial charge < -0.3 is 10.6 Å². The van der Waals surface area contributed by atoms with Gasteiger partial charge in [0, 0.05) is 23.9 Å². The molecule has 1 atom stereocenters. The van der Waals surface area contributed by atoms with Gasteiger partial charge in [-0.2, -0.15) is 0 Å². The first-order chi connectivity index (χ1) is 14.2. The number of fused-ring (bicyclic) bond motifs is 1. The van der Waals surface area contributed by atoms with E-state index in [1.54, 1.807) is 6.20 Å². The van der Waals surface area contributed by atoms with E-state index in [0.717, 1.165) is 38.2 Å². The van der Waals surface area contributed by atoms with Crippen LogP contribution in [-0.4, -0.2) is 31.5 Å². The van der Waals surface area contributed by atoms with Gasteiger partial charge in [-0.3, -0.25) is 10.1 Å². The normalized spacial score (nSPS) is 20.4. The summed E-state index contributed by atoms with van der Waals surface area (Å²) in [6.45, 7) is 8.62. The molecule has 160 valence electrons. The number of anilines is 2. The maximum absolute atomic E-state index is 7.75. The molecule has 30 heavy (non-hydrogen) atoms. The zero-order valence-electron chi connectivity index (χ0n) is 17.7. The van der Waals surface area contributed by atoms with Crippen molar-refractivity contribution < 1.29 is 0 Å². The molecule has 1 aliphatic heterocycles. The lowest BCUT2D eigenvalue weighted by Gasteiger charge is -2.44. The Morgan fingerprint density at radius 3 is 2.63 bits per heavy atom. The molecule has 1 aromatic carbocycles. The quantitative estimate of drug-likeness (QED) is 0.297. The van der Waals surface area contributed by atoms with Gasteiger partial charge in [-0.15, -0.1) is 0 Å². The molecule has 1 spiro atoms. The maximum atomic E-state index is 7.75. The van der Waals surface area contributed by atoms with E-state index in [4.69, 9.17) is 11.1 Å². The van der Waals surface area contributed by atoms with Crippen molar-refractivity contribution in [2.45, 2.75) is 50.8 Å². The molecule has 4 N–H and O–H groups in total. The van der Waals surface area contributed by atoms with Crippen molar-refractivity contribution in [3.05, 3.63) is 47.3 Å². The van der Waals surface area contributed by atoms with E-state index in [0.29, 0.717) is 21.3 Å². The number of nitrogens with one attached hydrogen (secondary N) is 2. The average molecular weight is 536 g/mol. The van der Waals surface area contributed by atoms with Crippen LogP contribution in [-0.2, 0) is 6.42 Å². The lowest BCUT2D eigenvalue weighted by atomic mass is 9.73. The highest BCUT2D eigenvalue weighted by atomic mass is 127. The molecule has 0 radical (unpaired) electrons. The Morgan fingerprint density at radius 2 is 2.00 bits per heavy atom. The van der Waals surface area contributed by atoms with Gasteiger partial charge in [-0.05, 0) is 79.2 Å². The van der Waals surface area contributed by atoms with Gasteiger partial charge in [0.25, 0.3) is 0 Å². The van der Waals surface area contributed by atoms with Crippen molar-refractivity contribution >= 4 is 49.9 Å². The van der Waals surface area contributed by atoms with Gasteiger partial charge in [0.15, 0.2) is 5.82 Å². The van der Waals surface area contributed by atoms with E-state index < -0.39 is 0 Å². The van der Waals surface area contributed by atoms with Crippen LogP contribution in [0.25, 0.3) is 0 Å². The average Bonchev–Trinajstić information content (AvgIpc) is 2.98. The number of hydrogen-bond acceptors (Lipinski definition) is 7. The fourth-order valence-corrected chi connectivity index (χ4v) is 5.84. The first kappa shape index (κ1) is 21.8.